The molecule has 4 nitrogen and oxygen atoms in total. The zero-order chi connectivity index (χ0) is 19.3. The van der Waals surface area contributed by atoms with E-state index >= 15 is 0 Å². The van der Waals surface area contributed by atoms with Crippen molar-refractivity contribution < 1.29 is 22.0 Å². The molecular weight excluding hydrogens is 360 g/mol. The van der Waals surface area contributed by atoms with Crippen LogP contribution in [-0.2, 0) is 16.3 Å². The fourth-order valence-corrected chi connectivity index (χ4v) is 3.11. The minimum Gasteiger partial charge on any atom is -0.352 e. The molecule has 1 amide bonds. The average molecular weight is 381 g/mol. The van der Waals surface area contributed by atoms with Gasteiger partial charge in [-0.15, -0.1) is 0 Å². The molecule has 0 aliphatic heterocycles. The number of carbonyl (C=O) groups excluding carboxylic acids is 1. The van der Waals surface area contributed by atoms with Crippen LogP contribution in [-0.4, -0.2) is 26.6 Å². The lowest BCUT2D eigenvalue weighted by atomic mass is 10.0. The second kappa shape index (κ2) is 8.40. The lowest BCUT2D eigenvalue weighted by molar-refractivity contribution is 0.0954. The van der Waals surface area contributed by atoms with Crippen LogP contribution in [0.4, 0.5) is 8.78 Å². The molecule has 0 atom stereocenters. The van der Waals surface area contributed by atoms with Gasteiger partial charge in [-0.3, -0.25) is 4.79 Å². The largest absolute Gasteiger partial charge is 0.352 e. The number of halogens is 2. The number of amides is 1. The number of hydrogen-bond acceptors (Lipinski definition) is 3. The molecule has 0 aromatic heterocycles. The second-order valence-electron chi connectivity index (χ2n) is 6.23. The number of hydrogen-bond donors (Lipinski definition) is 1. The molecule has 0 heterocycles. The Bertz CT molecular complexity index is 845. The number of alkyl halides is 2. The minimum absolute atomic E-state index is 0.216. The fraction of sp³-hybridized carbons (Fsp3) is 0.316. The highest BCUT2D eigenvalue weighted by Gasteiger charge is 2.26. The molecular formula is C19H21F2NO3S. The van der Waals surface area contributed by atoms with E-state index < -0.39 is 20.5 Å². The average Bonchev–Trinajstić information content (AvgIpc) is 2.62. The monoisotopic (exact) mass is 381 g/mol. The molecule has 0 aliphatic carbocycles. The summed E-state index contributed by atoms with van der Waals surface area (Å²) in [6.07, 6.45) is 0.655. The normalized spacial score (nSPS) is 11.8. The summed E-state index contributed by atoms with van der Waals surface area (Å²) in [5.74, 6) is -3.41. The van der Waals surface area contributed by atoms with Crippen LogP contribution in [0, 0.1) is 0 Å². The first-order valence-electron chi connectivity index (χ1n) is 8.21. The van der Waals surface area contributed by atoms with Crippen LogP contribution in [0.5, 0.6) is 0 Å². The van der Waals surface area contributed by atoms with Crippen molar-refractivity contribution in [3.8, 4) is 0 Å². The molecule has 0 spiro atoms. The molecule has 0 fully saturated rings. The van der Waals surface area contributed by atoms with Crippen LogP contribution < -0.4 is 5.32 Å². The molecule has 0 saturated carbocycles. The number of carbonyl (C=O) groups is 1. The van der Waals surface area contributed by atoms with Crippen LogP contribution in [0.3, 0.4) is 0 Å². The van der Waals surface area contributed by atoms with E-state index in [0.717, 1.165) is 17.7 Å². The van der Waals surface area contributed by atoms with Gasteiger partial charge in [0.1, 0.15) is 0 Å². The Morgan fingerprint density at radius 2 is 1.58 bits per heavy atom. The Hall–Kier alpha value is -2.28. The minimum atomic E-state index is -4.65. The van der Waals surface area contributed by atoms with Crippen molar-refractivity contribution in [1.82, 2.24) is 5.32 Å². The van der Waals surface area contributed by atoms with Crippen molar-refractivity contribution in [1.29, 1.82) is 0 Å². The quantitative estimate of drug-likeness (QED) is 0.794. The van der Waals surface area contributed by atoms with Crippen molar-refractivity contribution >= 4 is 15.7 Å². The Kier molecular flexibility index (Phi) is 6.47. The number of sulfone groups is 1. The predicted octanol–water partition coefficient (Wildman–Crippen LogP) is 3.78. The van der Waals surface area contributed by atoms with Gasteiger partial charge in [0.05, 0.1) is 4.90 Å². The first-order valence-corrected chi connectivity index (χ1v) is 9.75. The maximum absolute atomic E-state index is 12.5. The molecule has 0 saturated heterocycles. The van der Waals surface area contributed by atoms with Crippen LogP contribution in [0.1, 0.15) is 41.3 Å². The van der Waals surface area contributed by atoms with E-state index in [-0.39, 0.29) is 11.5 Å². The molecule has 2 rings (SSSR count). The highest BCUT2D eigenvalue weighted by Crippen LogP contribution is 2.18. The van der Waals surface area contributed by atoms with Crippen molar-refractivity contribution in [2.45, 2.75) is 36.8 Å². The predicted molar refractivity (Wildman–Crippen MR) is 96.2 cm³/mol. The van der Waals surface area contributed by atoms with E-state index in [2.05, 4.69) is 31.3 Å². The molecule has 2 aromatic rings. The summed E-state index contributed by atoms with van der Waals surface area (Å²) in [6, 6.07) is 12.6. The van der Waals surface area contributed by atoms with E-state index in [1.807, 2.05) is 12.1 Å². The molecule has 0 radical (unpaired) electrons. The summed E-state index contributed by atoms with van der Waals surface area (Å²) in [5.41, 5.74) is 2.55. The SMILES string of the molecule is CC(C)c1ccc(CCNC(=O)c2ccc(S(=O)(=O)C(F)F)cc2)cc1. The first-order chi connectivity index (χ1) is 12.2. The topological polar surface area (TPSA) is 63.2 Å². The molecule has 2 aromatic carbocycles. The lowest BCUT2D eigenvalue weighted by Gasteiger charge is -2.09. The van der Waals surface area contributed by atoms with Crippen LogP contribution >= 0.6 is 0 Å². The first kappa shape index (κ1) is 20.0. The summed E-state index contributed by atoms with van der Waals surface area (Å²) in [7, 11) is -4.65. The third-order valence-electron chi connectivity index (χ3n) is 4.03. The molecule has 0 unspecified atom stereocenters. The van der Waals surface area contributed by atoms with Gasteiger partial charge >= 0.3 is 5.76 Å². The standard InChI is InChI=1S/C19H21F2NO3S/c1-13(2)15-5-3-14(4-6-15)11-12-22-18(23)16-7-9-17(10-8-16)26(24,25)19(20)21/h3-10,13,19H,11-12H2,1-2H3,(H,22,23). The second-order valence-corrected chi connectivity index (χ2v) is 8.15. The third kappa shape index (κ3) is 4.88. The van der Waals surface area contributed by atoms with Gasteiger partial charge in [-0.05, 0) is 47.7 Å². The van der Waals surface area contributed by atoms with Crippen molar-refractivity contribution in [3.05, 3.63) is 65.2 Å². The summed E-state index contributed by atoms with van der Waals surface area (Å²) >= 11 is 0. The molecule has 26 heavy (non-hydrogen) atoms. The zero-order valence-corrected chi connectivity index (χ0v) is 15.4. The van der Waals surface area contributed by atoms with Gasteiger partial charge in [0, 0.05) is 12.1 Å². The molecule has 1 N–H and O–H groups in total. The fourth-order valence-electron chi connectivity index (χ4n) is 2.39. The number of nitrogens with one attached hydrogen (secondary N) is 1. The van der Waals surface area contributed by atoms with Gasteiger partial charge < -0.3 is 5.32 Å². The maximum Gasteiger partial charge on any atom is 0.341 e. The highest BCUT2D eigenvalue weighted by atomic mass is 32.2. The van der Waals surface area contributed by atoms with Gasteiger partial charge in [-0.25, -0.2) is 8.42 Å². The van der Waals surface area contributed by atoms with Gasteiger partial charge in [0.2, 0.25) is 9.84 Å². The Labute approximate surface area is 152 Å². The maximum atomic E-state index is 12.5. The van der Waals surface area contributed by atoms with E-state index in [0.29, 0.717) is 18.9 Å². The van der Waals surface area contributed by atoms with Gasteiger partial charge in [-0.2, -0.15) is 8.78 Å². The Balaban J connectivity index is 1.92. The van der Waals surface area contributed by atoms with Gasteiger partial charge in [0.25, 0.3) is 5.91 Å². The Morgan fingerprint density at radius 3 is 2.08 bits per heavy atom. The Morgan fingerprint density at radius 1 is 1.00 bits per heavy atom. The van der Waals surface area contributed by atoms with E-state index in [1.54, 1.807) is 0 Å². The van der Waals surface area contributed by atoms with Crippen molar-refractivity contribution in [3.63, 3.8) is 0 Å². The van der Waals surface area contributed by atoms with Crippen LogP contribution in [0.25, 0.3) is 0 Å². The zero-order valence-electron chi connectivity index (χ0n) is 14.6. The lowest BCUT2D eigenvalue weighted by Crippen LogP contribution is -2.25. The summed E-state index contributed by atoms with van der Waals surface area (Å²) in [5, 5.41) is 2.73. The van der Waals surface area contributed by atoms with Crippen molar-refractivity contribution in [2.75, 3.05) is 6.54 Å². The molecule has 140 valence electrons. The number of benzene rings is 2. The van der Waals surface area contributed by atoms with Crippen LogP contribution in [0.2, 0.25) is 0 Å². The number of rotatable bonds is 7. The van der Waals surface area contributed by atoms with Gasteiger partial charge in [0.15, 0.2) is 0 Å². The summed E-state index contributed by atoms with van der Waals surface area (Å²) in [6.45, 7) is 4.65. The molecule has 0 aliphatic rings. The van der Waals surface area contributed by atoms with Crippen LogP contribution in [0.15, 0.2) is 53.4 Å². The van der Waals surface area contributed by atoms with E-state index in [4.69, 9.17) is 0 Å². The van der Waals surface area contributed by atoms with Gasteiger partial charge in [-0.1, -0.05) is 38.1 Å². The summed E-state index contributed by atoms with van der Waals surface area (Å²) in [4.78, 5) is 11.6. The third-order valence-corrected chi connectivity index (χ3v) is 5.42. The van der Waals surface area contributed by atoms with E-state index in [9.17, 15) is 22.0 Å². The highest BCUT2D eigenvalue weighted by molar-refractivity contribution is 7.91. The molecule has 7 heteroatoms. The van der Waals surface area contributed by atoms with Crippen molar-refractivity contribution in [2.24, 2.45) is 0 Å². The molecule has 0 bridgehead atoms. The smallest absolute Gasteiger partial charge is 0.341 e. The summed E-state index contributed by atoms with van der Waals surface area (Å²) < 4.78 is 47.7. The van der Waals surface area contributed by atoms with E-state index in [1.165, 1.54) is 17.7 Å².